The van der Waals surface area contributed by atoms with Crippen LogP contribution >= 0.6 is 0 Å². The first kappa shape index (κ1) is 23.6. The maximum Gasteiger partial charge on any atom is 0.262 e. The molecule has 0 saturated heterocycles. The molecule has 0 unspecified atom stereocenters. The van der Waals surface area contributed by atoms with Gasteiger partial charge in [0.2, 0.25) is 0 Å². The molecule has 176 valence electrons. The Labute approximate surface area is 200 Å². The van der Waals surface area contributed by atoms with E-state index in [1.807, 2.05) is 45.0 Å². The number of aromatic nitrogens is 1. The largest absolute Gasteiger partial charge is 0.320 e. The zero-order valence-corrected chi connectivity index (χ0v) is 20.6. The molecule has 0 saturated carbocycles. The van der Waals surface area contributed by atoms with Crippen LogP contribution in [-0.4, -0.2) is 21.4 Å². The summed E-state index contributed by atoms with van der Waals surface area (Å²) < 4.78 is 58.9. The van der Waals surface area contributed by atoms with E-state index in [4.69, 9.17) is 0 Å². The van der Waals surface area contributed by atoms with Crippen molar-refractivity contribution in [3.05, 3.63) is 102 Å². The second-order valence-corrected chi connectivity index (χ2v) is 11.5. The maximum atomic E-state index is 13.0. The molecule has 1 aromatic heterocycles. The number of hydrogen-bond donors (Lipinski definition) is 2. The van der Waals surface area contributed by atoms with E-state index in [1.54, 1.807) is 41.2 Å². The minimum absolute atomic E-state index is 0.0773. The molecule has 0 aliphatic rings. The van der Waals surface area contributed by atoms with Gasteiger partial charge in [-0.25, -0.2) is 16.8 Å². The number of rotatable bonds is 7. The third kappa shape index (κ3) is 5.16. The Hall–Kier alpha value is -3.56. The van der Waals surface area contributed by atoms with Gasteiger partial charge in [-0.2, -0.15) is 0 Å². The number of nitrogens with one attached hydrogen (secondary N) is 2. The summed E-state index contributed by atoms with van der Waals surface area (Å²) in [5.74, 6) is 0. The van der Waals surface area contributed by atoms with Crippen LogP contribution in [0.1, 0.15) is 16.7 Å². The molecule has 0 aliphatic carbocycles. The number of hydrogen-bond acceptors (Lipinski definition) is 4. The number of anilines is 2. The minimum Gasteiger partial charge on any atom is -0.320 e. The van der Waals surface area contributed by atoms with E-state index in [9.17, 15) is 16.8 Å². The van der Waals surface area contributed by atoms with Gasteiger partial charge in [0.1, 0.15) is 0 Å². The quantitative estimate of drug-likeness (QED) is 0.377. The normalized spacial score (nSPS) is 11.9. The number of aryl methyl sites for hydroxylation is 3. The Morgan fingerprint density at radius 3 is 1.21 bits per heavy atom. The van der Waals surface area contributed by atoms with Crippen LogP contribution in [0.3, 0.4) is 0 Å². The molecule has 2 N–H and O–H groups in total. The van der Waals surface area contributed by atoms with Crippen molar-refractivity contribution >= 4 is 31.4 Å². The van der Waals surface area contributed by atoms with Gasteiger partial charge in [-0.1, -0.05) is 53.1 Å². The second-order valence-electron chi connectivity index (χ2n) is 8.17. The first-order valence-corrected chi connectivity index (χ1v) is 13.5. The fourth-order valence-corrected chi connectivity index (χ4v) is 5.45. The lowest BCUT2D eigenvalue weighted by Crippen LogP contribution is -2.16. The molecule has 34 heavy (non-hydrogen) atoms. The Bertz CT molecular complexity index is 1430. The summed E-state index contributed by atoms with van der Waals surface area (Å²) in [6.45, 7) is 5.69. The molecule has 1 heterocycles. The Balaban J connectivity index is 1.75. The molecule has 0 aliphatic heterocycles. The van der Waals surface area contributed by atoms with Crippen LogP contribution in [0.25, 0.3) is 5.69 Å². The summed E-state index contributed by atoms with van der Waals surface area (Å²) in [7, 11) is -7.90. The molecule has 4 rings (SSSR count). The molecule has 7 nitrogen and oxygen atoms in total. The zero-order chi connectivity index (χ0) is 24.5. The highest BCUT2D eigenvalue weighted by atomic mass is 32.2. The van der Waals surface area contributed by atoms with Crippen LogP contribution in [0.4, 0.5) is 11.4 Å². The highest BCUT2D eigenvalue weighted by Gasteiger charge is 2.22. The van der Waals surface area contributed by atoms with E-state index < -0.39 is 20.0 Å². The average molecular weight is 496 g/mol. The highest BCUT2D eigenvalue weighted by molar-refractivity contribution is 7.93. The van der Waals surface area contributed by atoms with Crippen LogP contribution in [0, 0.1) is 20.8 Å². The monoisotopic (exact) mass is 495 g/mol. The Morgan fingerprint density at radius 2 is 0.853 bits per heavy atom. The van der Waals surface area contributed by atoms with Crippen molar-refractivity contribution in [1.82, 2.24) is 4.57 Å². The fraction of sp³-hybridized carbons (Fsp3) is 0.120. The van der Waals surface area contributed by atoms with Gasteiger partial charge in [-0.15, -0.1) is 0 Å². The van der Waals surface area contributed by atoms with E-state index in [2.05, 4.69) is 9.44 Å². The molecule has 4 aromatic rings. The Morgan fingerprint density at radius 1 is 0.529 bits per heavy atom. The summed E-state index contributed by atoms with van der Waals surface area (Å²) in [6.07, 6.45) is 3.09. The first-order chi connectivity index (χ1) is 16.0. The standard InChI is InChI=1S/C25H25N3O4S2/c1-18-4-10-21(11-5-18)28-16-24(26-33(29,30)22-12-6-19(2)7-13-22)25(17-28)27-34(31,32)23-14-8-20(3)9-15-23/h4-17,26-27H,1-3H3. The summed E-state index contributed by atoms with van der Waals surface area (Å²) in [5.41, 5.74) is 3.89. The molecule has 3 aromatic carbocycles. The fourth-order valence-electron chi connectivity index (χ4n) is 3.33. The number of nitrogens with zero attached hydrogens (tertiary/aromatic N) is 1. The van der Waals surface area contributed by atoms with Crippen molar-refractivity contribution in [3.63, 3.8) is 0 Å². The lowest BCUT2D eigenvalue weighted by Gasteiger charge is -2.11. The first-order valence-electron chi connectivity index (χ1n) is 10.5. The van der Waals surface area contributed by atoms with E-state index in [1.165, 1.54) is 24.3 Å². The number of benzene rings is 3. The van der Waals surface area contributed by atoms with Gasteiger partial charge in [-0.3, -0.25) is 9.44 Å². The predicted octanol–water partition coefficient (Wildman–Crippen LogP) is 5.00. The van der Waals surface area contributed by atoms with Crippen LogP contribution in [0.2, 0.25) is 0 Å². The summed E-state index contributed by atoms with van der Waals surface area (Å²) in [4.78, 5) is 0.155. The van der Waals surface area contributed by atoms with Gasteiger partial charge >= 0.3 is 0 Å². The number of sulfonamides is 2. The third-order valence-corrected chi connectivity index (χ3v) is 8.07. The van der Waals surface area contributed by atoms with Gasteiger partial charge in [0.15, 0.2) is 0 Å². The summed E-state index contributed by atoms with van der Waals surface area (Å²) in [6, 6.07) is 20.4. The lowest BCUT2D eigenvalue weighted by atomic mass is 10.2. The molecular weight excluding hydrogens is 470 g/mol. The molecule has 0 amide bonds. The van der Waals surface area contributed by atoms with Crippen molar-refractivity contribution in [1.29, 1.82) is 0 Å². The van der Waals surface area contributed by atoms with Crippen LogP contribution in [-0.2, 0) is 20.0 Å². The van der Waals surface area contributed by atoms with Crippen LogP contribution in [0.15, 0.2) is 95.0 Å². The van der Waals surface area contributed by atoms with E-state index >= 15 is 0 Å². The molecule has 9 heteroatoms. The summed E-state index contributed by atoms with van der Waals surface area (Å²) in [5, 5.41) is 0. The summed E-state index contributed by atoms with van der Waals surface area (Å²) >= 11 is 0. The molecule has 0 spiro atoms. The van der Waals surface area contributed by atoms with Crippen LogP contribution < -0.4 is 9.44 Å². The van der Waals surface area contributed by atoms with Gasteiger partial charge in [-0.05, 0) is 57.2 Å². The maximum absolute atomic E-state index is 13.0. The zero-order valence-electron chi connectivity index (χ0n) is 19.0. The molecule has 0 fully saturated rings. The lowest BCUT2D eigenvalue weighted by molar-refractivity contribution is 0.599. The topological polar surface area (TPSA) is 97.3 Å². The van der Waals surface area contributed by atoms with E-state index in [-0.39, 0.29) is 21.2 Å². The molecule has 0 bridgehead atoms. The van der Waals surface area contributed by atoms with Crippen LogP contribution in [0.5, 0.6) is 0 Å². The van der Waals surface area contributed by atoms with Crippen molar-refractivity contribution in [3.8, 4) is 5.69 Å². The van der Waals surface area contributed by atoms with E-state index in [0.29, 0.717) is 0 Å². The highest BCUT2D eigenvalue weighted by Crippen LogP contribution is 2.30. The average Bonchev–Trinajstić information content (AvgIpc) is 3.15. The molecule has 0 radical (unpaired) electrons. The second kappa shape index (κ2) is 9.00. The predicted molar refractivity (Wildman–Crippen MR) is 134 cm³/mol. The molecular formula is C25H25N3O4S2. The van der Waals surface area contributed by atoms with Gasteiger partial charge < -0.3 is 4.57 Å². The van der Waals surface area contributed by atoms with Crippen molar-refractivity contribution in [2.24, 2.45) is 0 Å². The molecule has 0 atom stereocenters. The van der Waals surface area contributed by atoms with Gasteiger partial charge in [0, 0.05) is 18.1 Å². The SMILES string of the molecule is Cc1ccc(-n2cc(NS(=O)(=O)c3ccc(C)cc3)c(NS(=O)(=O)c3ccc(C)cc3)c2)cc1. The smallest absolute Gasteiger partial charge is 0.262 e. The Kier molecular flexibility index (Phi) is 6.24. The minimum atomic E-state index is -3.95. The van der Waals surface area contributed by atoms with Gasteiger partial charge in [0.05, 0.1) is 21.2 Å². The third-order valence-electron chi connectivity index (χ3n) is 5.31. The van der Waals surface area contributed by atoms with Crippen molar-refractivity contribution < 1.29 is 16.8 Å². The van der Waals surface area contributed by atoms with Gasteiger partial charge in [0.25, 0.3) is 20.0 Å². The van der Waals surface area contributed by atoms with E-state index in [0.717, 1.165) is 22.4 Å². The van der Waals surface area contributed by atoms with Crippen molar-refractivity contribution in [2.75, 3.05) is 9.44 Å². The van der Waals surface area contributed by atoms with Crippen molar-refractivity contribution in [2.45, 2.75) is 30.6 Å².